The van der Waals surface area contributed by atoms with Crippen LogP contribution in [0.3, 0.4) is 0 Å². The number of nitrogens with zero attached hydrogens (tertiary/aromatic N) is 3. The summed E-state index contributed by atoms with van der Waals surface area (Å²) in [6.45, 7) is 8.99. The second-order valence-corrected chi connectivity index (χ2v) is 28.1. The van der Waals surface area contributed by atoms with Crippen molar-refractivity contribution in [2.75, 3.05) is 13.2 Å². The Kier molecular flexibility index (Phi) is 20.5. The van der Waals surface area contributed by atoms with Gasteiger partial charge in [-0.1, -0.05) is 140 Å². The Bertz CT molecular complexity index is 6480. The highest BCUT2D eigenvalue weighted by Gasteiger charge is 2.42. The number of ether oxygens (including phenoxy) is 3. The molecule has 12 nitrogen and oxygen atoms in total. The fourth-order valence-corrected chi connectivity index (χ4v) is 15.6. The number of halogens is 14. The summed E-state index contributed by atoms with van der Waals surface area (Å²) in [4.78, 5) is 79.2. The molecular weight excluding hydrogens is 1560 g/mol. The van der Waals surface area contributed by atoms with Crippen LogP contribution in [0.2, 0.25) is 0 Å². The maximum absolute atomic E-state index is 16.5. The quantitative estimate of drug-likeness (QED) is 0.0217. The summed E-state index contributed by atoms with van der Waals surface area (Å²) < 4.78 is 236. The summed E-state index contributed by atoms with van der Waals surface area (Å²) in [5.74, 6) is -2.77. The largest absolute Gasteiger partial charge is 0.677 e. The molecule has 4 heterocycles. The van der Waals surface area contributed by atoms with Crippen LogP contribution in [0.1, 0.15) is 88.4 Å². The van der Waals surface area contributed by atoms with E-state index in [-0.39, 0.29) is 126 Å². The summed E-state index contributed by atoms with van der Waals surface area (Å²) in [5, 5.41) is -2.44. The van der Waals surface area contributed by atoms with Gasteiger partial charge in [0.05, 0.1) is 70.1 Å². The van der Waals surface area contributed by atoms with E-state index in [0.29, 0.717) is 44.4 Å². The molecule has 0 saturated carbocycles. The molecule has 0 amide bonds. The molecular formula is C91H60BF14N3O9. The van der Waals surface area contributed by atoms with Gasteiger partial charge in [-0.3, -0.25) is 28.0 Å². The van der Waals surface area contributed by atoms with Crippen LogP contribution < -0.4 is 15.9 Å². The number of aromatic nitrogens is 2. The first-order valence-electron chi connectivity index (χ1n) is 36.6. The lowest BCUT2D eigenvalue weighted by molar-refractivity contribution is -0.144. The Labute approximate surface area is 661 Å². The van der Waals surface area contributed by atoms with Gasteiger partial charge in [-0.15, -0.1) is 0 Å². The van der Waals surface area contributed by atoms with Crippen molar-refractivity contribution in [1.82, 2.24) is 9.05 Å². The Morgan fingerprint density at radius 3 is 1.39 bits per heavy atom. The van der Waals surface area contributed by atoms with E-state index in [1.54, 1.807) is 52.0 Å². The van der Waals surface area contributed by atoms with Crippen molar-refractivity contribution in [2.24, 2.45) is 4.99 Å². The van der Waals surface area contributed by atoms with Gasteiger partial charge in [0, 0.05) is 60.4 Å². The minimum atomic E-state index is -5.45. The summed E-state index contributed by atoms with van der Waals surface area (Å²) in [5.41, 5.74) is -9.19. The third-order valence-electron chi connectivity index (χ3n) is 20.8. The van der Waals surface area contributed by atoms with Crippen LogP contribution in [0.4, 0.5) is 61.3 Å². The van der Waals surface area contributed by atoms with E-state index in [1.807, 2.05) is 84.9 Å². The number of carbonyl (C=O) groups is 3. The molecule has 118 heavy (non-hydrogen) atoms. The molecule has 14 aromatic rings. The molecule has 27 heteroatoms. The second kappa shape index (κ2) is 30.3. The van der Waals surface area contributed by atoms with Gasteiger partial charge in [0.15, 0.2) is 0 Å². The van der Waals surface area contributed by atoms with Gasteiger partial charge in [-0.2, -0.15) is 52.7 Å². The van der Waals surface area contributed by atoms with Crippen LogP contribution in [-0.4, -0.2) is 53.3 Å². The molecule has 594 valence electrons. The van der Waals surface area contributed by atoms with E-state index in [9.17, 15) is 67.1 Å². The minimum absolute atomic E-state index is 0.00417. The maximum Gasteiger partial charge on any atom is 0.677 e. The number of allylic oxidation sites excluding steroid dienone is 1. The van der Waals surface area contributed by atoms with Gasteiger partial charge in [0.2, 0.25) is 0 Å². The normalized spacial score (nSPS) is 13.3. The van der Waals surface area contributed by atoms with Crippen LogP contribution in [-0.2, 0) is 50.2 Å². The molecule has 0 radical (unpaired) electrons. The molecule has 3 aromatic heterocycles. The van der Waals surface area contributed by atoms with Crippen molar-refractivity contribution in [2.45, 2.75) is 72.7 Å². The van der Waals surface area contributed by atoms with Crippen LogP contribution in [0.15, 0.2) is 254 Å². The van der Waals surface area contributed by atoms with E-state index >= 15 is 18.2 Å². The van der Waals surface area contributed by atoms with Crippen molar-refractivity contribution in [1.29, 1.82) is 0 Å². The van der Waals surface area contributed by atoms with Crippen molar-refractivity contribution < 1.29 is 94.3 Å². The summed E-state index contributed by atoms with van der Waals surface area (Å²) in [6.07, 6.45) is -22.4. The van der Waals surface area contributed by atoms with E-state index in [4.69, 9.17) is 23.6 Å². The predicted octanol–water partition coefficient (Wildman–Crippen LogP) is 23.5. The number of esters is 3. The predicted molar refractivity (Wildman–Crippen MR) is 422 cm³/mol. The number of alkyl halides is 12. The van der Waals surface area contributed by atoms with Crippen LogP contribution >= 0.6 is 0 Å². The van der Waals surface area contributed by atoms with E-state index in [1.165, 1.54) is 74.5 Å². The molecule has 0 saturated heterocycles. The standard InChI is InChI=1S/C91H60BF14N3O9/c1-7-115-86(113)74-46(3)81(107-48(74)5)80(82-47(4)75(87(114)116-8-2)49(6)109(82)92(105)106)77-66(55-29-25-53(26-30-55)51-17-11-9-12-18-51)42-64(43-67(77)56-31-27-54(28-32-56)52-19-13-10-14-20-52)117-73(110)35-50-23-33-63(34-24-50)108-84(111)70-44-68(57-36-59(88(93,94)95)40-60(37-57)89(96,97)98)76-65-21-15-16-22-72(65)118-83-69(45-71(85(108)112)78(70)79(76)83)58-38-61(90(99,100)101)41-62(39-58)91(102,103)104/h9-34,36-45H,7-8,35H2,1-6H3/b81-80-. The number of aliphatic imine (C=N–C) groups is 1. The zero-order chi connectivity index (χ0) is 84.1. The highest BCUT2D eigenvalue weighted by Crippen LogP contribution is 2.53. The third kappa shape index (κ3) is 14.6. The van der Waals surface area contributed by atoms with Crippen LogP contribution in [0.5, 0.6) is 5.75 Å². The Morgan fingerprint density at radius 1 is 0.458 bits per heavy atom. The average molecular weight is 1620 g/mol. The van der Waals surface area contributed by atoms with E-state index in [0.717, 1.165) is 34.4 Å². The first-order chi connectivity index (χ1) is 56.0. The molecule has 0 aliphatic carbocycles. The molecule has 0 N–H and O–H groups in total. The Morgan fingerprint density at radius 2 is 0.907 bits per heavy atom. The summed E-state index contributed by atoms with van der Waals surface area (Å²) >= 11 is 0. The van der Waals surface area contributed by atoms with Crippen LogP contribution in [0.25, 0.3) is 122 Å². The molecule has 0 bridgehead atoms. The smallest absolute Gasteiger partial charge is 0.462 e. The summed E-state index contributed by atoms with van der Waals surface area (Å²) in [6, 6.07) is 49.2. The number of carbonyl (C=O) groups excluding carboxylic acids is 3. The summed E-state index contributed by atoms with van der Waals surface area (Å²) in [7, 11) is -3.33. The lowest BCUT2D eigenvalue weighted by Gasteiger charge is -2.24. The topological polar surface area (TPSA) is 148 Å². The molecule has 0 atom stereocenters. The zero-order valence-corrected chi connectivity index (χ0v) is 62.8. The molecule has 15 rings (SSSR count). The second-order valence-electron chi connectivity index (χ2n) is 28.1. The fraction of sp³-hybridized carbons (Fsp3) is 0.143. The monoisotopic (exact) mass is 1620 g/mol. The number of benzene rings is 11. The van der Waals surface area contributed by atoms with Crippen molar-refractivity contribution in [3.05, 3.63) is 312 Å². The molecule has 0 unspecified atom stereocenters. The van der Waals surface area contributed by atoms with Gasteiger partial charge < -0.3 is 23.1 Å². The minimum Gasteiger partial charge on any atom is -0.462 e. The third-order valence-corrected chi connectivity index (χ3v) is 20.8. The lowest BCUT2D eigenvalue weighted by atomic mass is 9.82. The number of rotatable bonds is 17. The van der Waals surface area contributed by atoms with Gasteiger partial charge in [0.25, 0.3) is 11.1 Å². The number of hydrogen-bond donors (Lipinski definition) is 0. The zero-order valence-electron chi connectivity index (χ0n) is 62.8. The molecule has 0 spiro atoms. The van der Waals surface area contributed by atoms with Gasteiger partial charge >= 0.3 is 50.0 Å². The highest BCUT2D eigenvalue weighted by atomic mass is 19.4. The van der Waals surface area contributed by atoms with Gasteiger partial charge in [-0.25, -0.2) is 14.2 Å². The maximum atomic E-state index is 16.5. The SMILES string of the molecule is CCOC(=O)C1=C(C)/C(=C(\c2c(-c3ccc(-c4ccccc4)cc3)cc(OC(=O)Cc3ccc(-n4c(=O)c5cc(-c6cc(C(F)(F)F)cc(C(F)(F)F)c6)c6oc7ccccc7c7c(-c8cc(C(F)(F)F)cc(C(F)(F)F)c8)cc(c4=O)c5c67)cc3)cc2-c2ccc(-c3ccccc3)cc2)c2c(C)c(C(=O)OCC)c(C)n2B(F)F)N=C1C. The van der Waals surface area contributed by atoms with Crippen LogP contribution in [0, 0.1) is 13.8 Å². The fourth-order valence-electron chi connectivity index (χ4n) is 15.6. The van der Waals surface area contributed by atoms with Gasteiger partial charge in [-0.05, 0) is 198 Å². The first kappa shape index (κ1) is 79.8. The average Bonchev–Trinajstić information content (AvgIpc) is 0.789. The van der Waals surface area contributed by atoms with Crippen molar-refractivity contribution in [3.63, 3.8) is 0 Å². The number of fused-ring (bicyclic) bond motifs is 2. The molecule has 1 aliphatic rings. The van der Waals surface area contributed by atoms with Gasteiger partial charge in [0.1, 0.15) is 16.9 Å². The number of pyridine rings is 1. The highest BCUT2D eigenvalue weighted by molar-refractivity contribution is 6.42. The Hall–Kier alpha value is -13.5. The molecule has 1 aliphatic heterocycles. The lowest BCUT2D eigenvalue weighted by Crippen LogP contribution is -2.32. The molecule has 0 fully saturated rings. The van der Waals surface area contributed by atoms with Crippen molar-refractivity contribution in [3.8, 4) is 78.2 Å². The number of para-hydroxylation sites is 1. The Balaban J connectivity index is 0.925. The number of hydrogen-bond acceptors (Lipinski definition) is 10. The van der Waals surface area contributed by atoms with Crippen molar-refractivity contribution >= 4 is 80.1 Å². The van der Waals surface area contributed by atoms with E-state index in [2.05, 4.69) is 0 Å². The first-order valence-corrected chi connectivity index (χ1v) is 36.6. The van der Waals surface area contributed by atoms with E-state index < -0.39 is 139 Å². The molecule has 11 aromatic carbocycles.